The van der Waals surface area contributed by atoms with E-state index in [0.29, 0.717) is 0 Å². The summed E-state index contributed by atoms with van der Waals surface area (Å²) in [4.78, 5) is 11.1. The molecule has 0 aliphatic carbocycles. The zero-order chi connectivity index (χ0) is 14.4. The van der Waals surface area contributed by atoms with E-state index in [-0.39, 0.29) is 17.7 Å². The highest BCUT2D eigenvalue weighted by Gasteiger charge is 2.45. The Morgan fingerprint density at radius 2 is 2.00 bits per heavy atom. The third-order valence-electron chi connectivity index (χ3n) is 3.45. The van der Waals surface area contributed by atoms with Crippen LogP contribution in [0, 0.1) is 5.41 Å². The van der Waals surface area contributed by atoms with E-state index in [4.69, 9.17) is 9.84 Å². The van der Waals surface area contributed by atoms with E-state index in [0.717, 1.165) is 6.07 Å². The summed E-state index contributed by atoms with van der Waals surface area (Å²) in [5.41, 5.74) is -1.97. The van der Waals surface area contributed by atoms with Crippen molar-refractivity contribution in [1.29, 1.82) is 0 Å². The number of rotatable bonds is 2. The van der Waals surface area contributed by atoms with Crippen molar-refractivity contribution in [3.8, 4) is 5.75 Å². The number of carboxylic acid groups (broad SMARTS) is 1. The molecule has 0 fully saturated rings. The lowest BCUT2D eigenvalue weighted by Crippen LogP contribution is -2.40. The second kappa shape index (κ2) is 4.15. The highest BCUT2D eigenvalue weighted by molar-refractivity contribution is 5.75. The van der Waals surface area contributed by atoms with E-state index >= 15 is 0 Å². The normalized spacial score (nSPS) is 18.9. The van der Waals surface area contributed by atoms with Gasteiger partial charge >= 0.3 is 12.1 Å². The molecule has 1 N–H and O–H groups in total. The highest BCUT2D eigenvalue weighted by atomic mass is 19.4. The fourth-order valence-corrected chi connectivity index (χ4v) is 2.07. The minimum absolute atomic E-state index is 0.0364. The van der Waals surface area contributed by atoms with Crippen molar-refractivity contribution >= 4 is 5.97 Å². The Morgan fingerprint density at radius 3 is 2.53 bits per heavy atom. The van der Waals surface area contributed by atoms with Gasteiger partial charge in [-0.05, 0) is 26.0 Å². The molecule has 1 unspecified atom stereocenters. The maximum Gasteiger partial charge on any atom is 0.416 e. The Kier molecular flexibility index (Phi) is 2.99. The quantitative estimate of drug-likeness (QED) is 0.901. The first kappa shape index (κ1) is 13.7. The van der Waals surface area contributed by atoms with Crippen molar-refractivity contribution in [1.82, 2.24) is 0 Å². The molecular weight excluding hydrogens is 261 g/mol. The van der Waals surface area contributed by atoms with E-state index in [2.05, 4.69) is 0 Å². The molecule has 2 rings (SSSR count). The zero-order valence-corrected chi connectivity index (χ0v) is 10.4. The summed E-state index contributed by atoms with van der Waals surface area (Å²) in [5.74, 6) is -0.979. The van der Waals surface area contributed by atoms with Gasteiger partial charge in [0.1, 0.15) is 11.9 Å². The van der Waals surface area contributed by atoms with Crippen molar-refractivity contribution in [3.05, 3.63) is 29.3 Å². The average molecular weight is 274 g/mol. The Hall–Kier alpha value is -1.72. The summed E-state index contributed by atoms with van der Waals surface area (Å²) in [6.07, 6.45) is -5.31. The van der Waals surface area contributed by atoms with Gasteiger partial charge in [-0.3, -0.25) is 4.79 Å². The van der Waals surface area contributed by atoms with Gasteiger partial charge in [0.25, 0.3) is 0 Å². The van der Waals surface area contributed by atoms with E-state index in [1.807, 2.05) is 0 Å². The van der Waals surface area contributed by atoms with Crippen molar-refractivity contribution < 1.29 is 27.8 Å². The Morgan fingerprint density at radius 1 is 1.37 bits per heavy atom. The molecule has 1 atom stereocenters. The summed E-state index contributed by atoms with van der Waals surface area (Å²) in [6, 6.07) is 3.68. The molecule has 0 aromatic heterocycles. The zero-order valence-electron chi connectivity index (χ0n) is 10.4. The maximum absolute atomic E-state index is 12.9. The lowest BCUT2D eigenvalue weighted by molar-refractivity contribution is -0.151. The maximum atomic E-state index is 12.9. The molecule has 0 bridgehead atoms. The number of aliphatic carboxylic acids is 1. The molecule has 104 valence electrons. The van der Waals surface area contributed by atoms with Crippen LogP contribution in [0.4, 0.5) is 13.2 Å². The lowest BCUT2D eigenvalue weighted by Gasteiger charge is -2.26. The van der Waals surface area contributed by atoms with Crippen LogP contribution in [-0.2, 0) is 17.4 Å². The largest absolute Gasteiger partial charge is 0.489 e. The molecule has 0 radical (unpaired) electrons. The molecule has 3 nitrogen and oxygen atoms in total. The van der Waals surface area contributed by atoms with Gasteiger partial charge in [-0.2, -0.15) is 13.2 Å². The minimum Gasteiger partial charge on any atom is -0.489 e. The predicted octanol–water partition coefficient (Wildman–Crippen LogP) is 3.12. The summed E-state index contributed by atoms with van der Waals surface area (Å²) in [5, 5.41) is 9.11. The SMILES string of the molecule is CC(C)(C(=O)O)C1Cc2c(cccc2C(F)(F)F)O1. The number of carboxylic acids is 1. The van der Waals surface area contributed by atoms with Crippen LogP contribution >= 0.6 is 0 Å². The van der Waals surface area contributed by atoms with E-state index in [1.165, 1.54) is 26.0 Å². The van der Waals surface area contributed by atoms with Gasteiger partial charge in [-0.15, -0.1) is 0 Å². The smallest absolute Gasteiger partial charge is 0.416 e. The summed E-state index contributed by atoms with van der Waals surface area (Å²) in [6.45, 7) is 2.89. The van der Waals surface area contributed by atoms with E-state index in [9.17, 15) is 18.0 Å². The molecule has 1 aromatic rings. The topological polar surface area (TPSA) is 46.5 Å². The Balaban J connectivity index is 2.38. The number of halogens is 3. The number of ether oxygens (including phenoxy) is 1. The number of alkyl halides is 3. The van der Waals surface area contributed by atoms with Gasteiger partial charge in [0.15, 0.2) is 0 Å². The monoisotopic (exact) mass is 274 g/mol. The molecule has 1 heterocycles. The van der Waals surface area contributed by atoms with Crippen LogP contribution < -0.4 is 4.74 Å². The molecule has 1 aliphatic rings. The van der Waals surface area contributed by atoms with Gasteiger partial charge in [0, 0.05) is 12.0 Å². The molecule has 0 saturated carbocycles. The van der Waals surface area contributed by atoms with Crippen molar-refractivity contribution in [2.75, 3.05) is 0 Å². The number of hydrogen-bond donors (Lipinski definition) is 1. The van der Waals surface area contributed by atoms with Gasteiger partial charge in [0.2, 0.25) is 0 Å². The Bertz CT molecular complexity index is 520. The number of benzene rings is 1. The molecule has 19 heavy (non-hydrogen) atoms. The molecule has 1 aliphatic heterocycles. The first-order valence-corrected chi connectivity index (χ1v) is 5.73. The molecule has 0 spiro atoms. The molecular formula is C13H13F3O3. The van der Waals surface area contributed by atoms with Crippen molar-refractivity contribution in [2.24, 2.45) is 5.41 Å². The van der Waals surface area contributed by atoms with Gasteiger partial charge in [0.05, 0.1) is 11.0 Å². The van der Waals surface area contributed by atoms with Crippen LogP contribution in [0.15, 0.2) is 18.2 Å². The first-order chi connectivity index (χ1) is 8.64. The summed E-state index contributed by atoms with van der Waals surface area (Å²) >= 11 is 0. The lowest BCUT2D eigenvalue weighted by atomic mass is 9.84. The van der Waals surface area contributed by atoms with Crippen LogP contribution in [0.3, 0.4) is 0 Å². The number of carbonyl (C=O) groups is 1. The van der Waals surface area contributed by atoms with E-state index < -0.39 is 29.2 Å². The number of hydrogen-bond acceptors (Lipinski definition) is 2. The molecule has 0 saturated heterocycles. The van der Waals surface area contributed by atoms with Gasteiger partial charge in [-0.25, -0.2) is 0 Å². The highest BCUT2D eigenvalue weighted by Crippen LogP contribution is 2.43. The van der Waals surface area contributed by atoms with Crippen molar-refractivity contribution in [2.45, 2.75) is 32.5 Å². The minimum atomic E-state index is -4.46. The fraction of sp³-hybridized carbons (Fsp3) is 0.462. The second-order valence-corrected chi connectivity index (χ2v) is 5.12. The van der Waals surface area contributed by atoms with Crippen LogP contribution in [0.5, 0.6) is 5.75 Å². The second-order valence-electron chi connectivity index (χ2n) is 5.12. The molecule has 1 aromatic carbocycles. The summed E-state index contributed by atoms with van der Waals surface area (Å²) < 4.78 is 43.9. The third-order valence-corrected chi connectivity index (χ3v) is 3.45. The molecule has 0 amide bonds. The third kappa shape index (κ3) is 2.27. The van der Waals surface area contributed by atoms with Crippen LogP contribution in [-0.4, -0.2) is 17.2 Å². The predicted molar refractivity (Wildman–Crippen MR) is 61.0 cm³/mol. The Labute approximate surface area is 108 Å². The standard InChI is InChI=1S/C13H13F3O3/c1-12(2,11(17)18)10-6-7-8(13(14,15)16)4-3-5-9(7)19-10/h3-5,10H,6H2,1-2H3,(H,17,18). The van der Waals surface area contributed by atoms with Gasteiger partial charge in [-0.1, -0.05) is 6.07 Å². The first-order valence-electron chi connectivity index (χ1n) is 5.73. The summed E-state index contributed by atoms with van der Waals surface area (Å²) in [7, 11) is 0. The molecule has 6 heteroatoms. The van der Waals surface area contributed by atoms with Crippen LogP contribution in [0.2, 0.25) is 0 Å². The van der Waals surface area contributed by atoms with Crippen LogP contribution in [0.25, 0.3) is 0 Å². The van der Waals surface area contributed by atoms with Crippen molar-refractivity contribution in [3.63, 3.8) is 0 Å². The van der Waals surface area contributed by atoms with Gasteiger partial charge < -0.3 is 9.84 Å². The number of fused-ring (bicyclic) bond motifs is 1. The van der Waals surface area contributed by atoms with Crippen LogP contribution in [0.1, 0.15) is 25.0 Å². The average Bonchev–Trinajstić information content (AvgIpc) is 2.70. The van der Waals surface area contributed by atoms with E-state index in [1.54, 1.807) is 0 Å². The fourth-order valence-electron chi connectivity index (χ4n) is 2.07.